The quantitative estimate of drug-likeness (QED) is 0.753. The summed E-state index contributed by atoms with van der Waals surface area (Å²) in [5.74, 6) is 1.29. The van der Waals surface area contributed by atoms with Gasteiger partial charge in [0, 0.05) is 23.8 Å². The molecule has 2 aromatic rings. The van der Waals surface area contributed by atoms with Crippen LogP contribution in [0.4, 0.5) is 10.5 Å². The van der Waals surface area contributed by atoms with Gasteiger partial charge in [-0.3, -0.25) is 0 Å². The van der Waals surface area contributed by atoms with Gasteiger partial charge in [0.05, 0.1) is 6.61 Å². The summed E-state index contributed by atoms with van der Waals surface area (Å²) in [5.41, 5.74) is 0.960. The van der Waals surface area contributed by atoms with Gasteiger partial charge in [-0.05, 0) is 55.5 Å². The van der Waals surface area contributed by atoms with Crippen molar-refractivity contribution in [2.24, 2.45) is 0 Å². The molecule has 0 aliphatic carbocycles. The van der Waals surface area contributed by atoms with Crippen molar-refractivity contribution in [3.8, 4) is 11.5 Å². The average molecular weight is 335 g/mol. The molecule has 1 amide bonds. The lowest BCUT2D eigenvalue weighted by Crippen LogP contribution is -2.31. The number of benzene rings is 2. The molecule has 0 fully saturated rings. The molecule has 2 N–H and O–H groups in total. The molecule has 0 unspecified atom stereocenters. The van der Waals surface area contributed by atoms with Crippen molar-refractivity contribution in [1.82, 2.24) is 5.32 Å². The van der Waals surface area contributed by atoms with Crippen molar-refractivity contribution < 1.29 is 14.3 Å². The van der Waals surface area contributed by atoms with Gasteiger partial charge in [-0.15, -0.1) is 0 Å². The van der Waals surface area contributed by atoms with E-state index in [0.717, 1.165) is 11.4 Å². The molecular weight excluding hydrogens is 316 g/mol. The molecule has 23 heavy (non-hydrogen) atoms. The van der Waals surface area contributed by atoms with E-state index < -0.39 is 6.09 Å². The predicted molar refractivity (Wildman–Crippen MR) is 91.6 cm³/mol. The number of hydrogen-bond donors (Lipinski definition) is 2. The Hall–Kier alpha value is -2.40. The van der Waals surface area contributed by atoms with Gasteiger partial charge in [0.25, 0.3) is 0 Å². The number of carbonyl (C=O) groups excluding carboxylic acids is 1. The minimum absolute atomic E-state index is 0.444. The van der Waals surface area contributed by atoms with Crippen LogP contribution < -0.4 is 20.1 Å². The predicted octanol–water partition coefficient (Wildman–Crippen LogP) is 3.94. The number of anilines is 1. The molecule has 2 aromatic carbocycles. The zero-order chi connectivity index (χ0) is 16.5. The van der Waals surface area contributed by atoms with Crippen molar-refractivity contribution in [3.63, 3.8) is 0 Å². The molecule has 0 saturated carbocycles. The molecule has 0 radical (unpaired) electrons. The summed E-state index contributed by atoms with van der Waals surface area (Å²) in [7, 11) is 0. The fourth-order valence-corrected chi connectivity index (χ4v) is 1.98. The van der Waals surface area contributed by atoms with Crippen LogP contribution in [-0.2, 0) is 0 Å². The highest BCUT2D eigenvalue weighted by molar-refractivity contribution is 6.30. The highest BCUT2D eigenvalue weighted by atomic mass is 35.5. The van der Waals surface area contributed by atoms with Crippen LogP contribution in [0.15, 0.2) is 48.5 Å². The minimum atomic E-state index is -0.499. The number of nitrogens with one attached hydrogen (secondary N) is 2. The molecule has 0 heterocycles. The molecule has 0 atom stereocenters. The Morgan fingerprint density at radius 3 is 2.30 bits per heavy atom. The molecule has 2 rings (SSSR count). The maximum absolute atomic E-state index is 11.6. The van der Waals surface area contributed by atoms with Gasteiger partial charge in [-0.25, -0.2) is 4.79 Å². The lowest BCUT2D eigenvalue weighted by molar-refractivity contribution is 0.201. The molecular formula is C17H19ClN2O3. The van der Waals surface area contributed by atoms with E-state index in [1.807, 2.05) is 31.2 Å². The third-order valence-electron chi connectivity index (χ3n) is 2.91. The van der Waals surface area contributed by atoms with Gasteiger partial charge >= 0.3 is 6.09 Å². The zero-order valence-electron chi connectivity index (χ0n) is 12.8. The minimum Gasteiger partial charge on any atom is -0.494 e. The Morgan fingerprint density at radius 2 is 1.65 bits per heavy atom. The summed E-state index contributed by atoms with van der Waals surface area (Å²) in [6.07, 6.45) is -0.499. The van der Waals surface area contributed by atoms with Crippen LogP contribution >= 0.6 is 11.6 Å². The molecule has 122 valence electrons. The van der Waals surface area contributed by atoms with Crippen LogP contribution in [0.1, 0.15) is 6.92 Å². The highest BCUT2D eigenvalue weighted by Crippen LogP contribution is 2.16. The van der Waals surface area contributed by atoms with Gasteiger partial charge < -0.3 is 20.1 Å². The molecule has 0 aliphatic rings. The van der Waals surface area contributed by atoms with Crippen molar-refractivity contribution in [2.75, 3.05) is 25.0 Å². The molecule has 0 bridgehead atoms. The van der Waals surface area contributed by atoms with Crippen molar-refractivity contribution >= 4 is 23.4 Å². The smallest absolute Gasteiger partial charge is 0.412 e. The van der Waals surface area contributed by atoms with Gasteiger partial charge in [0.2, 0.25) is 0 Å². The lowest BCUT2D eigenvalue weighted by atomic mass is 10.3. The second-order valence-corrected chi connectivity index (χ2v) is 5.09. The Kier molecular flexibility index (Phi) is 6.56. The third kappa shape index (κ3) is 6.08. The molecule has 0 spiro atoms. The zero-order valence-corrected chi connectivity index (χ0v) is 13.6. The largest absolute Gasteiger partial charge is 0.494 e. The Morgan fingerprint density at radius 1 is 1.00 bits per heavy atom. The second kappa shape index (κ2) is 8.90. The fraction of sp³-hybridized carbons (Fsp3) is 0.235. The number of carbonyl (C=O) groups is 1. The standard InChI is InChI=1S/C17H19ClN2O3/c1-2-22-15-9-5-14(6-10-15)19-11-12-20-17(21)23-16-7-3-13(18)4-8-16/h3-10,19H,2,11-12H2,1H3,(H,20,21). The van der Waals surface area contributed by atoms with Crippen LogP contribution in [-0.4, -0.2) is 25.8 Å². The third-order valence-corrected chi connectivity index (χ3v) is 3.16. The summed E-state index contributed by atoms with van der Waals surface area (Å²) in [5, 5.41) is 6.46. The summed E-state index contributed by atoms with van der Waals surface area (Å²) in [4.78, 5) is 11.6. The van der Waals surface area contributed by atoms with Gasteiger partial charge in [-0.1, -0.05) is 11.6 Å². The van der Waals surface area contributed by atoms with Gasteiger partial charge in [0.15, 0.2) is 0 Å². The summed E-state index contributed by atoms with van der Waals surface area (Å²) in [6, 6.07) is 14.3. The number of rotatable bonds is 7. The van der Waals surface area contributed by atoms with E-state index in [9.17, 15) is 4.79 Å². The van der Waals surface area contributed by atoms with Gasteiger partial charge in [0.1, 0.15) is 11.5 Å². The van der Waals surface area contributed by atoms with Crippen molar-refractivity contribution in [1.29, 1.82) is 0 Å². The fourth-order valence-electron chi connectivity index (χ4n) is 1.85. The average Bonchev–Trinajstić information content (AvgIpc) is 2.55. The number of halogens is 1. The first-order valence-corrected chi connectivity index (χ1v) is 7.73. The van der Waals surface area contributed by atoms with E-state index in [4.69, 9.17) is 21.1 Å². The van der Waals surface area contributed by atoms with Gasteiger partial charge in [-0.2, -0.15) is 0 Å². The number of hydrogen-bond acceptors (Lipinski definition) is 4. The maximum Gasteiger partial charge on any atom is 0.412 e. The Balaban J connectivity index is 1.66. The highest BCUT2D eigenvalue weighted by Gasteiger charge is 2.03. The van der Waals surface area contributed by atoms with Crippen LogP contribution in [0.25, 0.3) is 0 Å². The van der Waals surface area contributed by atoms with E-state index in [2.05, 4.69) is 10.6 Å². The monoisotopic (exact) mass is 334 g/mol. The van der Waals surface area contributed by atoms with E-state index in [0.29, 0.717) is 30.5 Å². The topological polar surface area (TPSA) is 59.6 Å². The Labute approximate surface area is 140 Å². The van der Waals surface area contributed by atoms with E-state index >= 15 is 0 Å². The van der Waals surface area contributed by atoms with Crippen molar-refractivity contribution in [2.45, 2.75) is 6.92 Å². The SMILES string of the molecule is CCOc1ccc(NCCNC(=O)Oc2ccc(Cl)cc2)cc1. The lowest BCUT2D eigenvalue weighted by Gasteiger charge is -2.09. The molecule has 0 aliphatic heterocycles. The summed E-state index contributed by atoms with van der Waals surface area (Å²) < 4.78 is 10.5. The first-order chi connectivity index (χ1) is 11.2. The Bertz CT molecular complexity index is 615. The molecule has 5 nitrogen and oxygen atoms in total. The molecule has 0 aromatic heterocycles. The number of amides is 1. The second-order valence-electron chi connectivity index (χ2n) is 4.65. The van der Waals surface area contributed by atoms with E-state index in [1.165, 1.54) is 0 Å². The van der Waals surface area contributed by atoms with Crippen LogP contribution in [0.5, 0.6) is 11.5 Å². The summed E-state index contributed by atoms with van der Waals surface area (Å²) >= 11 is 5.76. The maximum atomic E-state index is 11.6. The van der Waals surface area contributed by atoms with E-state index in [1.54, 1.807) is 24.3 Å². The van der Waals surface area contributed by atoms with Crippen molar-refractivity contribution in [3.05, 3.63) is 53.6 Å². The normalized spacial score (nSPS) is 10.0. The number of ether oxygens (including phenoxy) is 2. The summed E-state index contributed by atoms with van der Waals surface area (Å²) in [6.45, 7) is 3.62. The molecule has 6 heteroatoms. The first-order valence-electron chi connectivity index (χ1n) is 7.35. The molecule has 0 saturated heterocycles. The first kappa shape index (κ1) is 17.0. The van der Waals surface area contributed by atoms with Crippen LogP contribution in [0.3, 0.4) is 0 Å². The van der Waals surface area contributed by atoms with E-state index in [-0.39, 0.29) is 0 Å². The van der Waals surface area contributed by atoms with Crippen LogP contribution in [0.2, 0.25) is 5.02 Å². The van der Waals surface area contributed by atoms with Crippen LogP contribution in [0, 0.1) is 0 Å².